The third-order valence-electron chi connectivity index (χ3n) is 4.73. The van der Waals surface area contributed by atoms with Gasteiger partial charge in [0.25, 0.3) is 5.91 Å². The van der Waals surface area contributed by atoms with Crippen molar-refractivity contribution in [3.05, 3.63) is 59.7 Å². The second-order valence-corrected chi connectivity index (χ2v) is 6.87. The van der Waals surface area contributed by atoms with E-state index in [1.165, 1.54) is 5.56 Å². The Morgan fingerprint density at radius 2 is 1.62 bits per heavy atom. The van der Waals surface area contributed by atoms with Crippen LogP contribution >= 0.6 is 0 Å². The number of amides is 3. The van der Waals surface area contributed by atoms with E-state index in [0.717, 1.165) is 30.6 Å². The Labute approximate surface area is 170 Å². The van der Waals surface area contributed by atoms with Gasteiger partial charge in [0.05, 0.1) is 6.42 Å². The summed E-state index contributed by atoms with van der Waals surface area (Å²) in [6, 6.07) is 14.8. The molecule has 0 atom stereocenters. The van der Waals surface area contributed by atoms with Crippen molar-refractivity contribution in [2.24, 2.45) is 0 Å². The van der Waals surface area contributed by atoms with Gasteiger partial charge in [-0.1, -0.05) is 31.2 Å². The number of ether oxygens (including phenoxy) is 1. The molecular weight excluding hydrogens is 370 g/mol. The van der Waals surface area contributed by atoms with Gasteiger partial charge in [-0.3, -0.25) is 25.2 Å². The summed E-state index contributed by atoms with van der Waals surface area (Å²) in [7, 11) is 0. The first-order valence-corrected chi connectivity index (χ1v) is 9.74. The number of nitrogens with zero attached hydrogens (tertiary/aromatic N) is 1. The van der Waals surface area contributed by atoms with E-state index in [9.17, 15) is 14.4 Å². The average Bonchev–Trinajstić information content (AvgIpc) is 3.17. The molecule has 0 radical (unpaired) electrons. The third kappa shape index (κ3) is 5.81. The van der Waals surface area contributed by atoms with E-state index >= 15 is 0 Å². The highest BCUT2D eigenvalue weighted by molar-refractivity contribution is 5.95. The highest BCUT2D eigenvalue weighted by Crippen LogP contribution is 2.21. The zero-order chi connectivity index (χ0) is 20.6. The van der Waals surface area contributed by atoms with E-state index in [1.807, 2.05) is 48.5 Å². The molecule has 2 aromatic rings. The molecule has 0 unspecified atom stereocenters. The van der Waals surface area contributed by atoms with E-state index < -0.39 is 5.91 Å². The summed E-state index contributed by atoms with van der Waals surface area (Å²) in [6.45, 7) is 2.61. The fraction of sp³-hybridized carbons (Fsp3) is 0.318. The molecule has 1 heterocycles. The Bertz CT molecular complexity index is 863. The quantitative estimate of drug-likeness (QED) is 0.703. The van der Waals surface area contributed by atoms with Crippen LogP contribution in [0.3, 0.4) is 0 Å². The molecule has 7 heteroatoms. The largest absolute Gasteiger partial charge is 0.484 e. The van der Waals surface area contributed by atoms with Gasteiger partial charge in [0, 0.05) is 18.7 Å². The monoisotopic (exact) mass is 395 g/mol. The fourth-order valence-corrected chi connectivity index (χ4v) is 3.09. The minimum absolute atomic E-state index is 0.119. The van der Waals surface area contributed by atoms with Gasteiger partial charge in [0.1, 0.15) is 5.75 Å². The summed E-state index contributed by atoms with van der Waals surface area (Å²) in [5, 5.41) is 0. The molecule has 0 spiro atoms. The number of hydrazine groups is 1. The van der Waals surface area contributed by atoms with E-state index in [0.29, 0.717) is 12.2 Å². The normalized spacial score (nSPS) is 13.3. The van der Waals surface area contributed by atoms with Gasteiger partial charge < -0.3 is 9.64 Å². The third-order valence-corrected chi connectivity index (χ3v) is 4.73. The first-order chi connectivity index (χ1) is 14.0. The van der Waals surface area contributed by atoms with Crippen molar-refractivity contribution >= 4 is 23.4 Å². The lowest BCUT2D eigenvalue weighted by molar-refractivity contribution is -0.129. The van der Waals surface area contributed by atoms with Crippen LogP contribution in [0.25, 0.3) is 0 Å². The predicted octanol–water partition coefficient (Wildman–Crippen LogP) is 2.14. The Morgan fingerprint density at radius 3 is 2.24 bits per heavy atom. The highest BCUT2D eigenvalue weighted by Gasteiger charge is 2.21. The van der Waals surface area contributed by atoms with Crippen LogP contribution < -0.4 is 20.5 Å². The molecule has 0 aromatic heterocycles. The maximum absolute atomic E-state index is 12.0. The molecule has 2 N–H and O–H groups in total. The van der Waals surface area contributed by atoms with Gasteiger partial charge in [-0.15, -0.1) is 0 Å². The van der Waals surface area contributed by atoms with Gasteiger partial charge in [-0.25, -0.2) is 0 Å². The van der Waals surface area contributed by atoms with Gasteiger partial charge in [-0.05, 0) is 48.2 Å². The summed E-state index contributed by atoms with van der Waals surface area (Å²) < 4.78 is 5.39. The summed E-state index contributed by atoms with van der Waals surface area (Å²) >= 11 is 0. The number of carbonyl (C=O) groups excluding carboxylic acids is 3. The molecule has 152 valence electrons. The van der Waals surface area contributed by atoms with Crippen molar-refractivity contribution in [3.8, 4) is 5.75 Å². The standard InChI is InChI=1S/C22H25N3O4/c1-2-16-7-11-19(12-8-16)29-15-21(27)24-23-20(26)14-17-5-9-18(10-6-17)25-13-3-4-22(25)28/h5-12H,2-4,13-15H2,1H3,(H,23,26)(H,24,27). The number of carbonyl (C=O) groups is 3. The number of nitrogens with one attached hydrogen (secondary N) is 2. The minimum atomic E-state index is -0.444. The van der Waals surface area contributed by atoms with E-state index in [-0.39, 0.29) is 24.8 Å². The summed E-state index contributed by atoms with van der Waals surface area (Å²) in [5.41, 5.74) is 7.54. The Morgan fingerprint density at radius 1 is 0.966 bits per heavy atom. The fourth-order valence-electron chi connectivity index (χ4n) is 3.09. The molecule has 3 rings (SSSR count). The van der Waals surface area contributed by atoms with Gasteiger partial charge in [0.15, 0.2) is 6.61 Å². The van der Waals surface area contributed by atoms with Crippen molar-refractivity contribution in [1.29, 1.82) is 0 Å². The second-order valence-electron chi connectivity index (χ2n) is 6.87. The van der Waals surface area contributed by atoms with E-state index in [2.05, 4.69) is 17.8 Å². The lowest BCUT2D eigenvalue weighted by Crippen LogP contribution is -2.44. The Hall–Kier alpha value is -3.35. The van der Waals surface area contributed by atoms with Crippen LogP contribution in [-0.2, 0) is 27.2 Å². The molecule has 1 fully saturated rings. The van der Waals surface area contributed by atoms with Gasteiger partial charge >= 0.3 is 0 Å². The number of rotatable bonds is 7. The Balaban J connectivity index is 1.39. The van der Waals surface area contributed by atoms with Crippen LogP contribution in [-0.4, -0.2) is 30.9 Å². The number of aryl methyl sites for hydroxylation is 1. The van der Waals surface area contributed by atoms with Crippen LogP contribution in [0, 0.1) is 0 Å². The molecule has 3 amide bonds. The van der Waals surface area contributed by atoms with E-state index in [4.69, 9.17) is 4.74 Å². The molecule has 0 bridgehead atoms. The summed E-state index contributed by atoms with van der Waals surface area (Å²) in [6.07, 6.45) is 2.51. The molecular formula is C22H25N3O4. The number of hydrogen-bond acceptors (Lipinski definition) is 4. The molecule has 0 aliphatic carbocycles. The molecule has 1 aliphatic heterocycles. The van der Waals surface area contributed by atoms with Crippen molar-refractivity contribution in [3.63, 3.8) is 0 Å². The van der Waals surface area contributed by atoms with Crippen LogP contribution in [0.5, 0.6) is 5.75 Å². The van der Waals surface area contributed by atoms with Crippen LogP contribution in [0.2, 0.25) is 0 Å². The Kier molecular flexibility index (Phi) is 6.84. The van der Waals surface area contributed by atoms with Crippen molar-refractivity contribution in [1.82, 2.24) is 10.9 Å². The highest BCUT2D eigenvalue weighted by atomic mass is 16.5. The maximum Gasteiger partial charge on any atom is 0.276 e. The molecule has 0 saturated carbocycles. The predicted molar refractivity (Wildman–Crippen MR) is 109 cm³/mol. The lowest BCUT2D eigenvalue weighted by atomic mass is 10.1. The number of hydrogen-bond donors (Lipinski definition) is 2. The van der Waals surface area contributed by atoms with Crippen LogP contribution in [0.15, 0.2) is 48.5 Å². The number of anilines is 1. The zero-order valence-electron chi connectivity index (χ0n) is 16.4. The molecule has 1 aliphatic rings. The first kappa shape index (κ1) is 20.4. The van der Waals surface area contributed by atoms with E-state index in [1.54, 1.807) is 4.90 Å². The van der Waals surface area contributed by atoms with Gasteiger partial charge in [0.2, 0.25) is 11.8 Å². The average molecular weight is 395 g/mol. The minimum Gasteiger partial charge on any atom is -0.484 e. The van der Waals surface area contributed by atoms with Crippen LogP contribution in [0.4, 0.5) is 5.69 Å². The SMILES string of the molecule is CCc1ccc(OCC(=O)NNC(=O)Cc2ccc(N3CCCC3=O)cc2)cc1. The van der Waals surface area contributed by atoms with Crippen molar-refractivity contribution in [2.45, 2.75) is 32.6 Å². The molecule has 2 aromatic carbocycles. The van der Waals surface area contributed by atoms with Crippen LogP contribution in [0.1, 0.15) is 30.9 Å². The lowest BCUT2D eigenvalue weighted by Gasteiger charge is -2.16. The zero-order valence-corrected chi connectivity index (χ0v) is 16.4. The maximum atomic E-state index is 12.0. The second kappa shape index (κ2) is 9.73. The topological polar surface area (TPSA) is 87.7 Å². The number of benzene rings is 2. The summed E-state index contributed by atoms with van der Waals surface area (Å²) in [4.78, 5) is 37.4. The molecule has 7 nitrogen and oxygen atoms in total. The van der Waals surface area contributed by atoms with Crippen molar-refractivity contribution < 1.29 is 19.1 Å². The smallest absolute Gasteiger partial charge is 0.276 e. The molecule has 29 heavy (non-hydrogen) atoms. The summed E-state index contributed by atoms with van der Waals surface area (Å²) in [5.74, 6) is -0.0570. The van der Waals surface area contributed by atoms with Crippen molar-refractivity contribution in [2.75, 3.05) is 18.1 Å². The first-order valence-electron chi connectivity index (χ1n) is 9.74. The molecule has 1 saturated heterocycles. The van der Waals surface area contributed by atoms with Gasteiger partial charge in [-0.2, -0.15) is 0 Å².